The number of nitrogens with zero attached hydrogens (tertiary/aromatic N) is 3. The first-order valence-corrected chi connectivity index (χ1v) is 13.0. The molecule has 4 aromatic rings. The third-order valence-corrected chi connectivity index (χ3v) is 7.29. The van der Waals surface area contributed by atoms with Gasteiger partial charge in [0.2, 0.25) is 5.91 Å². The lowest BCUT2D eigenvalue weighted by atomic mass is 9.96. The summed E-state index contributed by atoms with van der Waals surface area (Å²) in [4.78, 5) is 19.6. The van der Waals surface area contributed by atoms with Gasteiger partial charge in [-0.2, -0.15) is 0 Å². The molecule has 0 aliphatic carbocycles. The minimum absolute atomic E-state index is 0.0799. The smallest absolute Gasteiger partial charge is 0.226 e. The lowest BCUT2D eigenvalue weighted by Crippen LogP contribution is -2.32. The molecule has 8 heteroatoms. The number of aryl methyl sites for hydroxylation is 2. The molecule has 38 heavy (non-hydrogen) atoms. The van der Waals surface area contributed by atoms with Crippen LogP contribution in [-0.2, 0) is 4.79 Å². The van der Waals surface area contributed by atoms with Crippen molar-refractivity contribution in [2.24, 2.45) is 0 Å². The summed E-state index contributed by atoms with van der Waals surface area (Å²) in [5, 5.41) is 7.01. The maximum atomic E-state index is 14.1. The third kappa shape index (κ3) is 5.17. The molecule has 0 saturated carbocycles. The Labute approximate surface area is 227 Å². The Kier molecular flexibility index (Phi) is 7.24. The summed E-state index contributed by atoms with van der Waals surface area (Å²) in [6.45, 7) is 6.47. The number of halogens is 1. The second-order valence-corrected chi connectivity index (χ2v) is 10.0. The number of anilines is 1. The van der Waals surface area contributed by atoms with Gasteiger partial charge in [-0.3, -0.25) is 9.78 Å². The molecular weight excluding hydrogens is 497 g/mol. The maximum absolute atomic E-state index is 14.1. The van der Waals surface area contributed by atoms with Gasteiger partial charge in [0.05, 0.1) is 17.8 Å². The van der Waals surface area contributed by atoms with Crippen molar-refractivity contribution in [1.29, 1.82) is 0 Å². The molecule has 1 aliphatic heterocycles. The Hall–Kier alpha value is -4.04. The summed E-state index contributed by atoms with van der Waals surface area (Å²) in [5.74, 6) is -0.364. The summed E-state index contributed by atoms with van der Waals surface area (Å²) in [6.07, 6.45) is 2.04. The second-order valence-electron chi connectivity index (χ2n) is 9.63. The molecule has 1 saturated heterocycles. The van der Waals surface area contributed by atoms with Crippen molar-refractivity contribution in [3.05, 3.63) is 113 Å². The molecule has 2 N–H and O–H groups in total. The molecule has 0 spiro atoms. The van der Waals surface area contributed by atoms with Crippen molar-refractivity contribution >= 4 is 28.9 Å². The standard InChI is InChI=1S/C30H30FN5OS/c1-19-8-6-10-23(16-19)33-27(37)13-15-35-29(28(34-30(35)38)26-12-4-5-14-32-26)25-17-20(2)36(21(25)3)24-11-7-9-22(31)18-24/h4-12,14,16-18,28-29H,13,15H2,1-3H3,(H,33,37)(H,34,38)/t28-,29-/m1/s1. The number of nitrogens with one attached hydrogen (secondary N) is 2. The van der Waals surface area contributed by atoms with Crippen LogP contribution in [0.2, 0.25) is 0 Å². The first-order chi connectivity index (χ1) is 18.3. The average molecular weight is 528 g/mol. The molecule has 3 heterocycles. The van der Waals surface area contributed by atoms with Crippen molar-refractivity contribution in [3.63, 3.8) is 0 Å². The van der Waals surface area contributed by atoms with E-state index in [1.807, 2.05) is 69.3 Å². The van der Waals surface area contributed by atoms with Gasteiger partial charge in [-0.25, -0.2) is 4.39 Å². The molecule has 2 atom stereocenters. The van der Waals surface area contributed by atoms with Gasteiger partial charge in [0.25, 0.3) is 0 Å². The fourth-order valence-electron chi connectivity index (χ4n) is 5.25. The van der Waals surface area contributed by atoms with Gasteiger partial charge in [0.15, 0.2) is 5.11 Å². The molecule has 0 unspecified atom stereocenters. The van der Waals surface area contributed by atoms with Gasteiger partial charge in [-0.15, -0.1) is 0 Å². The number of pyridine rings is 1. The van der Waals surface area contributed by atoms with Gasteiger partial charge in [-0.1, -0.05) is 24.3 Å². The van der Waals surface area contributed by atoms with E-state index in [9.17, 15) is 9.18 Å². The number of amides is 1. The van der Waals surface area contributed by atoms with E-state index in [4.69, 9.17) is 12.2 Å². The van der Waals surface area contributed by atoms with E-state index in [0.29, 0.717) is 11.7 Å². The summed E-state index contributed by atoms with van der Waals surface area (Å²) >= 11 is 5.79. The van der Waals surface area contributed by atoms with Gasteiger partial charge in [-0.05, 0) is 92.6 Å². The molecule has 2 aromatic heterocycles. The number of benzene rings is 2. The van der Waals surface area contributed by atoms with E-state index in [2.05, 4.69) is 31.2 Å². The van der Waals surface area contributed by atoms with Crippen LogP contribution in [0.5, 0.6) is 0 Å². The van der Waals surface area contributed by atoms with Crippen molar-refractivity contribution in [2.45, 2.75) is 39.3 Å². The highest BCUT2D eigenvalue weighted by Gasteiger charge is 2.41. The van der Waals surface area contributed by atoms with Crippen LogP contribution in [0, 0.1) is 26.6 Å². The monoisotopic (exact) mass is 527 g/mol. The van der Waals surface area contributed by atoms with Crippen LogP contribution in [0.3, 0.4) is 0 Å². The zero-order chi connectivity index (χ0) is 26.8. The Morgan fingerprint density at radius 1 is 1.05 bits per heavy atom. The topological polar surface area (TPSA) is 62.2 Å². The largest absolute Gasteiger partial charge is 0.352 e. The van der Waals surface area contributed by atoms with Crippen LogP contribution >= 0.6 is 12.2 Å². The predicted molar refractivity (Wildman–Crippen MR) is 152 cm³/mol. The van der Waals surface area contributed by atoms with Crippen LogP contribution in [0.1, 0.15) is 46.7 Å². The molecule has 1 aliphatic rings. The molecule has 5 rings (SSSR count). The van der Waals surface area contributed by atoms with Crippen LogP contribution in [0.15, 0.2) is 79.0 Å². The highest BCUT2D eigenvalue weighted by molar-refractivity contribution is 7.80. The van der Waals surface area contributed by atoms with Crippen LogP contribution in [0.4, 0.5) is 10.1 Å². The number of aromatic nitrogens is 2. The van der Waals surface area contributed by atoms with E-state index in [1.165, 1.54) is 12.1 Å². The van der Waals surface area contributed by atoms with Crippen molar-refractivity contribution in [2.75, 3.05) is 11.9 Å². The minimum atomic E-state index is -0.284. The number of carbonyl (C=O) groups excluding carboxylic acids is 1. The van der Waals surface area contributed by atoms with E-state index < -0.39 is 0 Å². The first-order valence-electron chi connectivity index (χ1n) is 12.6. The Morgan fingerprint density at radius 3 is 2.61 bits per heavy atom. The normalized spacial score (nSPS) is 16.9. The van der Waals surface area contributed by atoms with E-state index in [0.717, 1.165) is 39.6 Å². The second kappa shape index (κ2) is 10.8. The molecule has 0 bridgehead atoms. The van der Waals surface area contributed by atoms with Gasteiger partial charge < -0.3 is 20.1 Å². The number of hydrogen-bond donors (Lipinski definition) is 2. The lowest BCUT2D eigenvalue weighted by molar-refractivity contribution is -0.116. The fraction of sp³-hybridized carbons (Fsp3) is 0.233. The van der Waals surface area contributed by atoms with Gasteiger partial charge >= 0.3 is 0 Å². The maximum Gasteiger partial charge on any atom is 0.226 e. The van der Waals surface area contributed by atoms with Crippen molar-refractivity contribution in [3.8, 4) is 5.69 Å². The summed E-state index contributed by atoms with van der Waals surface area (Å²) < 4.78 is 16.1. The Bertz CT molecular complexity index is 1490. The molecule has 1 fully saturated rings. The van der Waals surface area contributed by atoms with Gasteiger partial charge in [0.1, 0.15) is 5.82 Å². The molecule has 2 aromatic carbocycles. The fourth-order valence-corrected chi connectivity index (χ4v) is 5.58. The molecule has 1 amide bonds. The number of thiocarbonyl (C=S) groups is 1. The zero-order valence-corrected chi connectivity index (χ0v) is 22.4. The number of rotatable bonds is 7. The Balaban J connectivity index is 1.47. The summed E-state index contributed by atoms with van der Waals surface area (Å²) in [5.41, 5.74) is 6.50. The number of hydrogen-bond acceptors (Lipinski definition) is 3. The summed E-state index contributed by atoms with van der Waals surface area (Å²) in [6, 6.07) is 21.9. The minimum Gasteiger partial charge on any atom is -0.352 e. The highest BCUT2D eigenvalue weighted by atomic mass is 32.1. The van der Waals surface area contributed by atoms with Crippen molar-refractivity contribution in [1.82, 2.24) is 19.8 Å². The zero-order valence-electron chi connectivity index (χ0n) is 21.6. The van der Waals surface area contributed by atoms with E-state index in [-0.39, 0.29) is 30.2 Å². The number of carbonyl (C=O) groups is 1. The quantitative estimate of drug-likeness (QED) is 0.292. The van der Waals surface area contributed by atoms with Crippen LogP contribution in [0.25, 0.3) is 5.69 Å². The Morgan fingerprint density at radius 2 is 1.87 bits per heavy atom. The molecule has 194 valence electrons. The summed E-state index contributed by atoms with van der Waals surface area (Å²) in [7, 11) is 0. The lowest BCUT2D eigenvalue weighted by Gasteiger charge is -2.28. The molecular formula is C30H30FN5OS. The SMILES string of the molecule is Cc1cccc(NC(=O)CCN2C(=S)N[C@H](c3ccccn3)[C@H]2c2cc(C)n(-c3cccc(F)c3)c2C)c1. The molecule has 6 nitrogen and oxygen atoms in total. The van der Waals surface area contributed by atoms with Crippen LogP contribution in [-0.4, -0.2) is 32.0 Å². The van der Waals surface area contributed by atoms with Gasteiger partial charge in [0, 0.05) is 41.9 Å². The predicted octanol–water partition coefficient (Wildman–Crippen LogP) is 5.94. The van der Waals surface area contributed by atoms with Crippen LogP contribution < -0.4 is 10.6 Å². The van der Waals surface area contributed by atoms with E-state index >= 15 is 0 Å². The first kappa shape index (κ1) is 25.6. The van der Waals surface area contributed by atoms with E-state index in [1.54, 1.807) is 12.3 Å². The third-order valence-electron chi connectivity index (χ3n) is 6.93. The average Bonchev–Trinajstić information content (AvgIpc) is 3.37. The van der Waals surface area contributed by atoms with Crippen molar-refractivity contribution < 1.29 is 9.18 Å². The molecule has 0 radical (unpaired) electrons. The highest BCUT2D eigenvalue weighted by Crippen LogP contribution is 2.41.